The smallest absolute Gasteiger partial charge is 0.272 e. The van der Waals surface area contributed by atoms with E-state index in [0.717, 1.165) is 29.9 Å². The van der Waals surface area contributed by atoms with E-state index in [1.165, 1.54) is 0 Å². The summed E-state index contributed by atoms with van der Waals surface area (Å²) in [4.78, 5) is 19.5. The molecule has 1 aliphatic heterocycles. The second-order valence-electron chi connectivity index (χ2n) is 7.86. The molecule has 7 heteroatoms. The van der Waals surface area contributed by atoms with Crippen LogP contribution in [0.15, 0.2) is 40.9 Å². The summed E-state index contributed by atoms with van der Waals surface area (Å²) in [6.45, 7) is 4.84. The first-order valence-electron chi connectivity index (χ1n) is 9.96. The minimum absolute atomic E-state index is 0.0214. The van der Waals surface area contributed by atoms with Crippen molar-refractivity contribution in [3.8, 4) is 0 Å². The zero-order valence-corrected chi connectivity index (χ0v) is 17.7. The molecule has 1 saturated heterocycles. The molecule has 152 valence electrons. The molecule has 0 saturated carbocycles. The lowest BCUT2D eigenvalue weighted by atomic mass is 10.1. The summed E-state index contributed by atoms with van der Waals surface area (Å²) in [6, 6.07) is 9.44. The molecule has 1 amide bonds. The van der Waals surface area contributed by atoms with Crippen LogP contribution in [0.5, 0.6) is 0 Å². The third kappa shape index (κ3) is 4.08. The lowest BCUT2D eigenvalue weighted by molar-refractivity contribution is 0.0703. The van der Waals surface area contributed by atoms with Gasteiger partial charge in [0.2, 0.25) is 5.89 Å². The van der Waals surface area contributed by atoms with E-state index < -0.39 is 0 Å². The van der Waals surface area contributed by atoms with E-state index in [2.05, 4.69) is 23.9 Å². The first kappa shape index (κ1) is 19.7. The summed E-state index contributed by atoms with van der Waals surface area (Å²) < 4.78 is 7.71. The Morgan fingerprint density at radius 3 is 2.76 bits per heavy atom. The highest BCUT2D eigenvalue weighted by atomic mass is 35.5. The maximum atomic E-state index is 13.2. The minimum atomic E-state index is -0.140. The lowest BCUT2D eigenvalue weighted by Crippen LogP contribution is -2.32. The summed E-state index contributed by atoms with van der Waals surface area (Å²) in [5.74, 6) is 1.64. The SMILES string of the molecule is CC(C)c1cc(C(=O)N2CCC[C@@H]2c2ncc(Cc3ccc(Cl)cc3)o2)n(C)n1. The molecule has 1 aromatic carbocycles. The Hall–Kier alpha value is -2.60. The summed E-state index contributed by atoms with van der Waals surface area (Å²) in [5.41, 5.74) is 2.63. The Morgan fingerprint density at radius 1 is 1.31 bits per heavy atom. The number of oxazole rings is 1. The zero-order chi connectivity index (χ0) is 20.5. The predicted octanol–water partition coefficient (Wildman–Crippen LogP) is 4.75. The molecule has 1 aliphatic rings. The third-order valence-electron chi connectivity index (χ3n) is 5.37. The van der Waals surface area contributed by atoms with Crippen LogP contribution >= 0.6 is 11.6 Å². The topological polar surface area (TPSA) is 64.2 Å². The molecule has 3 heterocycles. The van der Waals surface area contributed by atoms with Gasteiger partial charge in [0, 0.05) is 25.0 Å². The number of aryl methyl sites for hydroxylation is 1. The number of benzene rings is 1. The molecule has 1 fully saturated rings. The number of amides is 1. The van der Waals surface area contributed by atoms with Crippen molar-refractivity contribution in [2.75, 3.05) is 6.54 Å². The molecule has 0 N–H and O–H groups in total. The standard InChI is InChI=1S/C22H25ClN4O2/c1-14(2)18-12-20(26(3)25-18)22(28)27-10-4-5-19(27)21-24-13-17(29-21)11-15-6-8-16(23)9-7-15/h6-9,12-14,19H,4-5,10-11H2,1-3H3/t19-/m1/s1. The average Bonchev–Trinajstić information content (AvgIpc) is 3.42. The van der Waals surface area contributed by atoms with Crippen LogP contribution in [0.3, 0.4) is 0 Å². The highest BCUT2D eigenvalue weighted by Crippen LogP contribution is 2.33. The van der Waals surface area contributed by atoms with E-state index in [1.807, 2.05) is 42.3 Å². The Kier molecular flexibility index (Phi) is 5.46. The van der Waals surface area contributed by atoms with Crippen molar-refractivity contribution in [1.82, 2.24) is 19.7 Å². The first-order valence-corrected chi connectivity index (χ1v) is 10.3. The molecule has 6 nitrogen and oxygen atoms in total. The van der Waals surface area contributed by atoms with E-state index in [9.17, 15) is 4.79 Å². The number of nitrogens with zero attached hydrogens (tertiary/aromatic N) is 4. The van der Waals surface area contributed by atoms with Crippen LogP contribution in [0.2, 0.25) is 5.02 Å². The Bertz CT molecular complexity index is 1010. The summed E-state index contributed by atoms with van der Waals surface area (Å²) in [6.07, 6.45) is 4.18. The Labute approximate surface area is 175 Å². The molecule has 1 atom stereocenters. The molecule has 0 bridgehead atoms. The van der Waals surface area contributed by atoms with Gasteiger partial charge in [-0.2, -0.15) is 5.10 Å². The Balaban J connectivity index is 1.52. The van der Waals surface area contributed by atoms with Crippen LogP contribution in [0.25, 0.3) is 0 Å². The lowest BCUT2D eigenvalue weighted by Gasteiger charge is -2.22. The first-order chi connectivity index (χ1) is 13.9. The van der Waals surface area contributed by atoms with Gasteiger partial charge in [0.15, 0.2) is 0 Å². The minimum Gasteiger partial charge on any atom is -0.443 e. The van der Waals surface area contributed by atoms with Crippen molar-refractivity contribution in [3.63, 3.8) is 0 Å². The summed E-state index contributed by atoms with van der Waals surface area (Å²) in [5, 5.41) is 5.19. The van der Waals surface area contributed by atoms with E-state index in [4.69, 9.17) is 16.0 Å². The predicted molar refractivity (Wildman–Crippen MR) is 111 cm³/mol. The average molecular weight is 413 g/mol. The number of aromatic nitrogens is 3. The molecule has 4 rings (SSSR count). The fourth-order valence-electron chi connectivity index (χ4n) is 3.75. The molecule has 0 radical (unpaired) electrons. The molecule has 3 aromatic rings. The van der Waals surface area contributed by atoms with Crippen LogP contribution in [0, 0.1) is 0 Å². The molecule has 29 heavy (non-hydrogen) atoms. The van der Waals surface area contributed by atoms with Gasteiger partial charge in [-0.3, -0.25) is 9.48 Å². The molecule has 0 unspecified atom stereocenters. The van der Waals surface area contributed by atoms with Crippen LogP contribution in [0.1, 0.15) is 72.0 Å². The van der Waals surface area contributed by atoms with Crippen molar-refractivity contribution in [1.29, 1.82) is 0 Å². The van der Waals surface area contributed by atoms with Gasteiger partial charge in [-0.1, -0.05) is 37.6 Å². The molecular weight excluding hydrogens is 388 g/mol. The van der Waals surface area contributed by atoms with Gasteiger partial charge >= 0.3 is 0 Å². The van der Waals surface area contributed by atoms with Gasteiger partial charge in [-0.15, -0.1) is 0 Å². The monoisotopic (exact) mass is 412 g/mol. The van der Waals surface area contributed by atoms with Crippen LogP contribution in [0.4, 0.5) is 0 Å². The van der Waals surface area contributed by atoms with Gasteiger partial charge in [-0.05, 0) is 42.5 Å². The van der Waals surface area contributed by atoms with Gasteiger partial charge < -0.3 is 9.32 Å². The van der Waals surface area contributed by atoms with E-state index in [1.54, 1.807) is 10.9 Å². The number of hydrogen-bond donors (Lipinski definition) is 0. The van der Waals surface area contributed by atoms with E-state index >= 15 is 0 Å². The maximum absolute atomic E-state index is 13.2. The van der Waals surface area contributed by atoms with Gasteiger partial charge in [0.25, 0.3) is 5.91 Å². The third-order valence-corrected chi connectivity index (χ3v) is 5.62. The van der Waals surface area contributed by atoms with Crippen molar-refractivity contribution in [2.45, 2.75) is 45.1 Å². The van der Waals surface area contributed by atoms with E-state index in [-0.39, 0.29) is 17.9 Å². The van der Waals surface area contributed by atoms with Gasteiger partial charge in [-0.25, -0.2) is 4.98 Å². The number of likely N-dealkylation sites (tertiary alicyclic amines) is 1. The van der Waals surface area contributed by atoms with Crippen molar-refractivity contribution < 1.29 is 9.21 Å². The highest BCUT2D eigenvalue weighted by Gasteiger charge is 2.35. The molecule has 0 spiro atoms. The number of rotatable bonds is 5. The second kappa shape index (κ2) is 8.03. The van der Waals surface area contributed by atoms with Crippen molar-refractivity contribution >= 4 is 17.5 Å². The number of hydrogen-bond acceptors (Lipinski definition) is 4. The van der Waals surface area contributed by atoms with Crippen molar-refractivity contribution in [3.05, 3.63) is 70.2 Å². The summed E-state index contributed by atoms with van der Waals surface area (Å²) in [7, 11) is 1.82. The molecule has 2 aromatic heterocycles. The van der Waals surface area contributed by atoms with Crippen LogP contribution in [-0.4, -0.2) is 32.1 Å². The van der Waals surface area contributed by atoms with Crippen molar-refractivity contribution in [2.24, 2.45) is 7.05 Å². The van der Waals surface area contributed by atoms with E-state index in [0.29, 0.717) is 29.6 Å². The number of carbonyl (C=O) groups is 1. The fourth-order valence-corrected chi connectivity index (χ4v) is 3.87. The molecule has 0 aliphatic carbocycles. The Morgan fingerprint density at radius 2 is 2.07 bits per heavy atom. The largest absolute Gasteiger partial charge is 0.443 e. The normalized spacial score (nSPS) is 16.7. The second-order valence-corrected chi connectivity index (χ2v) is 8.29. The number of halogens is 1. The van der Waals surface area contributed by atoms with Crippen LogP contribution < -0.4 is 0 Å². The number of carbonyl (C=O) groups excluding carboxylic acids is 1. The van der Waals surface area contributed by atoms with Gasteiger partial charge in [0.05, 0.1) is 11.9 Å². The van der Waals surface area contributed by atoms with Gasteiger partial charge in [0.1, 0.15) is 17.5 Å². The fraction of sp³-hybridized carbons (Fsp3) is 0.409. The van der Waals surface area contributed by atoms with Crippen LogP contribution in [-0.2, 0) is 13.5 Å². The highest BCUT2D eigenvalue weighted by molar-refractivity contribution is 6.30. The summed E-state index contributed by atoms with van der Waals surface area (Å²) >= 11 is 5.95. The quantitative estimate of drug-likeness (QED) is 0.606. The maximum Gasteiger partial charge on any atom is 0.272 e. The zero-order valence-electron chi connectivity index (χ0n) is 16.9. The molecular formula is C22H25ClN4O2.